The monoisotopic (exact) mass is 380 g/mol. The first-order valence-electron chi connectivity index (χ1n) is 8.35. The topological polar surface area (TPSA) is 82.8 Å². The van der Waals surface area contributed by atoms with Gasteiger partial charge in [0.1, 0.15) is 0 Å². The van der Waals surface area contributed by atoms with Crippen LogP contribution in [0.3, 0.4) is 0 Å². The Kier molecular flexibility index (Phi) is 5.54. The summed E-state index contributed by atoms with van der Waals surface area (Å²) in [6.07, 6.45) is 5.03. The largest absolute Gasteiger partial charge is 0.417 e. The molecule has 0 spiro atoms. The van der Waals surface area contributed by atoms with Gasteiger partial charge in [0.25, 0.3) is 0 Å². The van der Waals surface area contributed by atoms with Crippen molar-refractivity contribution in [3.8, 4) is 0 Å². The number of rotatable bonds is 2. The first kappa shape index (κ1) is 18.1. The number of nitrogens with zero attached hydrogens (tertiary/aromatic N) is 2. The second-order valence-corrected chi connectivity index (χ2v) is 7.41. The predicted octanol–water partition coefficient (Wildman–Crippen LogP) is 3.52. The molecule has 2 unspecified atom stereocenters. The van der Waals surface area contributed by atoms with Crippen LogP contribution in [0.1, 0.15) is 38.2 Å². The van der Waals surface area contributed by atoms with Crippen molar-refractivity contribution in [2.24, 2.45) is 16.0 Å². The van der Waals surface area contributed by atoms with E-state index < -0.39 is 5.76 Å². The summed E-state index contributed by atoms with van der Waals surface area (Å²) in [5, 5.41) is 5.38. The number of halogens is 1. The molecular formula is C17H21ClN4O2S. The van der Waals surface area contributed by atoms with Crippen molar-refractivity contribution in [3.05, 3.63) is 34.3 Å². The highest BCUT2D eigenvalue weighted by Gasteiger charge is 2.22. The van der Waals surface area contributed by atoms with Crippen LogP contribution in [-0.2, 0) is 0 Å². The van der Waals surface area contributed by atoms with Crippen molar-refractivity contribution >= 4 is 46.1 Å². The van der Waals surface area contributed by atoms with Crippen molar-refractivity contribution in [2.45, 2.75) is 38.6 Å². The van der Waals surface area contributed by atoms with E-state index in [2.05, 4.69) is 22.4 Å². The van der Waals surface area contributed by atoms with Gasteiger partial charge >= 0.3 is 5.76 Å². The summed E-state index contributed by atoms with van der Waals surface area (Å²) in [5.41, 5.74) is 6.23. The maximum Gasteiger partial charge on any atom is 0.417 e. The average molecular weight is 381 g/mol. The van der Waals surface area contributed by atoms with Gasteiger partial charge in [-0.2, -0.15) is 5.10 Å². The lowest BCUT2D eigenvalue weighted by atomic mass is 9.86. The summed E-state index contributed by atoms with van der Waals surface area (Å²) in [5.74, 6) is 0.974. The maximum atomic E-state index is 11.3. The Hall–Kier alpha value is -1.73. The highest BCUT2D eigenvalue weighted by Crippen LogP contribution is 2.27. The second kappa shape index (κ2) is 7.66. The summed E-state index contributed by atoms with van der Waals surface area (Å²) >= 11 is 1.68. The molecule has 0 bridgehead atoms. The molecule has 0 radical (unpaired) electrons. The zero-order valence-electron chi connectivity index (χ0n) is 13.9. The van der Waals surface area contributed by atoms with Crippen LogP contribution < -0.4 is 11.2 Å². The molecule has 2 aliphatic rings. The van der Waals surface area contributed by atoms with Crippen LogP contribution in [0.2, 0.25) is 0 Å². The number of amidine groups is 1. The Labute approximate surface area is 156 Å². The van der Waals surface area contributed by atoms with E-state index in [0.717, 1.165) is 22.2 Å². The highest BCUT2D eigenvalue weighted by molar-refractivity contribution is 8.14. The van der Waals surface area contributed by atoms with Gasteiger partial charge in [-0.05, 0) is 30.9 Å². The van der Waals surface area contributed by atoms with Gasteiger partial charge in [-0.25, -0.2) is 4.79 Å². The molecule has 1 aliphatic carbocycles. The van der Waals surface area contributed by atoms with Gasteiger partial charge in [-0.3, -0.25) is 15.4 Å². The Bertz CT molecular complexity index is 873. The standard InChI is InChI=1S/C17H20N4O2S.ClH/c1-10-4-2-3-5-12(10)18-16-21-20-14(9-24-16)11-6-7-13-15(8-11)23-17(22)19-13;/h6-8,10,12H,2-5,9H2,1H3,(H,18,21)(H,19,22);1H. The van der Waals surface area contributed by atoms with Crippen LogP contribution in [0, 0.1) is 5.92 Å². The molecule has 1 fully saturated rings. The molecule has 134 valence electrons. The Morgan fingerprint density at radius 1 is 1.32 bits per heavy atom. The van der Waals surface area contributed by atoms with Crippen LogP contribution >= 0.6 is 24.2 Å². The van der Waals surface area contributed by atoms with E-state index in [0.29, 0.717) is 23.1 Å². The summed E-state index contributed by atoms with van der Waals surface area (Å²) in [4.78, 5) is 18.7. The lowest BCUT2D eigenvalue weighted by Gasteiger charge is -2.26. The summed E-state index contributed by atoms with van der Waals surface area (Å²) in [6.45, 7) is 2.29. The van der Waals surface area contributed by atoms with Crippen LogP contribution in [-0.4, -0.2) is 27.7 Å². The van der Waals surface area contributed by atoms with Crippen LogP contribution in [0.5, 0.6) is 0 Å². The SMILES string of the molecule is CC1CCCCC1N=C1NN=C(c2ccc3[nH]c(=O)oc3c2)CS1.Cl. The Morgan fingerprint density at radius 3 is 2.92 bits per heavy atom. The third kappa shape index (κ3) is 3.93. The number of hydrogen-bond donors (Lipinski definition) is 2. The second-order valence-electron chi connectivity index (χ2n) is 6.45. The van der Waals surface area contributed by atoms with Gasteiger partial charge in [0, 0.05) is 11.3 Å². The van der Waals surface area contributed by atoms with Crippen molar-refractivity contribution in [1.29, 1.82) is 0 Å². The molecule has 0 saturated heterocycles. The number of hydrogen-bond acceptors (Lipinski definition) is 5. The van der Waals surface area contributed by atoms with Crippen LogP contribution in [0.15, 0.2) is 37.5 Å². The van der Waals surface area contributed by atoms with Crippen molar-refractivity contribution in [1.82, 2.24) is 10.4 Å². The first-order chi connectivity index (χ1) is 11.7. The highest BCUT2D eigenvalue weighted by atomic mass is 35.5. The minimum absolute atomic E-state index is 0. The Balaban J connectivity index is 0.00000182. The van der Waals surface area contributed by atoms with E-state index >= 15 is 0 Å². The number of hydrazone groups is 1. The third-order valence-electron chi connectivity index (χ3n) is 4.74. The number of nitrogens with one attached hydrogen (secondary N) is 2. The molecule has 4 rings (SSSR count). The van der Waals surface area contributed by atoms with E-state index in [9.17, 15) is 4.79 Å². The maximum absolute atomic E-state index is 11.3. The van der Waals surface area contributed by atoms with Gasteiger partial charge in [-0.15, -0.1) is 12.4 Å². The number of fused-ring (bicyclic) bond motifs is 1. The summed E-state index contributed by atoms with van der Waals surface area (Å²) in [7, 11) is 0. The molecule has 2 aromatic rings. The van der Waals surface area contributed by atoms with E-state index in [1.54, 1.807) is 11.8 Å². The average Bonchev–Trinajstić information content (AvgIpc) is 2.97. The number of benzene rings is 1. The molecule has 2 heterocycles. The molecule has 0 amide bonds. The molecule has 6 nitrogen and oxygen atoms in total. The quantitative estimate of drug-likeness (QED) is 0.835. The van der Waals surface area contributed by atoms with Crippen LogP contribution in [0.25, 0.3) is 11.1 Å². The smallest absolute Gasteiger partial charge is 0.408 e. The molecule has 1 aromatic carbocycles. The molecule has 2 atom stereocenters. The number of aliphatic imine (C=N–C) groups is 1. The molecule has 25 heavy (non-hydrogen) atoms. The summed E-state index contributed by atoms with van der Waals surface area (Å²) in [6, 6.07) is 6.05. The molecule has 8 heteroatoms. The lowest BCUT2D eigenvalue weighted by molar-refractivity contribution is 0.333. The number of aromatic nitrogens is 1. The van der Waals surface area contributed by atoms with Gasteiger partial charge in [0.05, 0.1) is 17.3 Å². The van der Waals surface area contributed by atoms with Crippen molar-refractivity contribution in [3.63, 3.8) is 0 Å². The predicted molar refractivity (Wildman–Crippen MR) is 105 cm³/mol. The fourth-order valence-electron chi connectivity index (χ4n) is 3.29. The van der Waals surface area contributed by atoms with Gasteiger partial charge < -0.3 is 4.42 Å². The first-order valence-corrected chi connectivity index (χ1v) is 9.34. The van der Waals surface area contributed by atoms with E-state index in [4.69, 9.17) is 9.41 Å². The molecule has 1 saturated carbocycles. The van der Waals surface area contributed by atoms with Gasteiger partial charge in [0.15, 0.2) is 10.8 Å². The number of oxazole rings is 1. The van der Waals surface area contributed by atoms with Crippen LogP contribution in [0.4, 0.5) is 0 Å². The summed E-state index contributed by atoms with van der Waals surface area (Å²) < 4.78 is 5.12. The minimum atomic E-state index is -0.434. The van der Waals surface area contributed by atoms with E-state index in [1.807, 2.05) is 18.2 Å². The molecule has 1 aliphatic heterocycles. The fraction of sp³-hybridized carbons (Fsp3) is 0.471. The Morgan fingerprint density at radius 2 is 2.16 bits per heavy atom. The lowest BCUT2D eigenvalue weighted by Crippen LogP contribution is -2.29. The van der Waals surface area contributed by atoms with E-state index in [1.165, 1.54) is 25.7 Å². The normalized spacial score (nSPS) is 25.3. The third-order valence-corrected chi connectivity index (χ3v) is 5.62. The van der Waals surface area contributed by atoms with Crippen molar-refractivity contribution in [2.75, 3.05) is 5.75 Å². The van der Waals surface area contributed by atoms with Gasteiger partial charge in [-0.1, -0.05) is 37.6 Å². The van der Waals surface area contributed by atoms with Crippen molar-refractivity contribution < 1.29 is 4.42 Å². The zero-order valence-corrected chi connectivity index (χ0v) is 15.6. The number of aromatic amines is 1. The zero-order chi connectivity index (χ0) is 16.5. The number of thioether (sulfide) groups is 1. The molecule has 1 aromatic heterocycles. The fourth-order valence-corrected chi connectivity index (χ4v) is 4.12. The van der Waals surface area contributed by atoms with Gasteiger partial charge in [0.2, 0.25) is 0 Å². The minimum Gasteiger partial charge on any atom is -0.408 e. The molecular weight excluding hydrogens is 360 g/mol. The number of H-pyrrole nitrogens is 1. The molecule has 2 N–H and O–H groups in total. The van der Waals surface area contributed by atoms with E-state index in [-0.39, 0.29) is 12.4 Å².